The van der Waals surface area contributed by atoms with E-state index >= 15 is 0 Å². The lowest BCUT2D eigenvalue weighted by atomic mass is 10.2. The fourth-order valence-corrected chi connectivity index (χ4v) is 1.38. The number of hydrogen-bond donors (Lipinski definition) is 1. The molecule has 0 amide bonds. The van der Waals surface area contributed by atoms with Gasteiger partial charge in [-0.05, 0) is 30.3 Å². The number of aromatic amines is 1. The zero-order valence-electron chi connectivity index (χ0n) is 9.11. The SMILES string of the molecule is Cc1cc(Oc2ccc(N=O)cc2CF)n[nH]1. The lowest BCUT2D eigenvalue weighted by molar-refractivity contribution is 0.428. The van der Waals surface area contributed by atoms with E-state index in [0.29, 0.717) is 11.6 Å². The van der Waals surface area contributed by atoms with Crippen LogP contribution < -0.4 is 4.74 Å². The van der Waals surface area contributed by atoms with Crippen LogP contribution in [0.1, 0.15) is 11.3 Å². The average Bonchev–Trinajstić information content (AvgIpc) is 2.75. The van der Waals surface area contributed by atoms with Gasteiger partial charge in [-0.15, -0.1) is 10.0 Å². The summed E-state index contributed by atoms with van der Waals surface area (Å²) in [6, 6.07) is 5.99. The predicted octanol–water partition coefficient (Wildman–Crippen LogP) is 3.38. The summed E-state index contributed by atoms with van der Waals surface area (Å²) >= 11 is 0. The summed E-state index contributed by atoms with van der Waals surface area (Å²) in [6.45, 7) is 1.09. The number of nitrogens with one attached hydrogen (secondary N) is 1. The van der Waals surface area contributed by atoms with Crippen molar-refractivity contribution in [1.82, 2.24) is 10.2 Å². The van der Waals surface area contributed by atoms with Crippen molar-refractivity contribution in [1.29, 1.82) is 0 Å². The molecule has 0 bridgehead atoms. The molecule has 6 heteroatoms. The van der Waals surface area contributed by atoms with E-state index in [9.17, 15) is 9.30 Å². The Kier molecular flexibility index (Phi) is 3.13. The van der Waals surface area contributed by atoms with Crippen molar-refractivity contribution in [2.75, 3.05) is 0 Å². The van der Waals surface area contributed by atoms with E-state index in [1.54, 1.807) is 6.07 Å². The summed E-state index contributed by atoms with van der Waals surface area (Å²) in [4.78, 5) is 10.3. The zero-order valence-corrected chi connectivity index (χ0v) is 9.11. The third kappa shape index (κ3) is 2.47. The van der Waals surface area contributed by atoms with Gasteiger partial charge in [0.1, 0.15) is 18.1 Å². The van der Waals surface area contributed by atoms with Gasteiger partial charge in [-0.1, -0.05) is 0 Å². The summed E-state index contributed by atoms with van der Waals surface area (Å²) in [5.41, 5.74) is 1.28. The maximum atomic E-state index is 12.8. The first kappa shape index (κ1) is 11.3. The van der Waals surface area contributed by atoms with E-state index in [2.05, 4.69) is 15.4 Å². The molecule has 0 spiro atoms. The van der Waals surface area contributed by atoms with Gasteiger partial charge in [0.05, 0.1) is 0 Å². The molecule has 0 saturated carbocycles. The first-order valence-corrected chi connectivity index (χ1v) is 4.95. The molecule has 0 aliphatic carbocycles. The third-order valence-electron chi connectivity index (χ3n) is 2.19. The Bertz CT molecular complexity index is 539. The van der Waals surface area contributed by atoms with Gasteiger partial charge in [-0.25, -0.2) is 4.39 Å². The molecule has 0 atom stereocenters. The van der Waals surface area contributed by atoms with E-state index in [0.717, 1.165) is 5.69 Å². The fraction of sp³-hybridized carbons (Fsp3) is 0.182. The Balaban J connectivity index is 2.29. The second-order valence-corrected chi connectivity index (χ2v) is 3.51. The second-order valence-electron chi connectivity index (χ2n) is 3.51. The molecule has 2 rings (SSSR count). The minimum absolute atomic E-state index is 0.170. The highest BCUT2D eigenvalue weighted by Crippen LogP contribution is 2.28. The number of ether oxygens (including phenoxy) is 1. The maximum Gasteiger partial charge on any atom is 0.238 e. The average molecular weight is 235 g/mol. The topological polar surface area (TPSA) is 67.3 Å². The smallest absolute Gasteiger partial charge is 0.238 e. The van der Waals surface area contributed by atoms with Gasteiger partial charge in [-0.3, -0.25) is 5.10 Å². The van der Waals surface area contributed by atoms with E-state index < -0.39 is 6.67 Å². The molecule has 0 aliphatic heterocycles. The Labute approximate surface area is 96.6 Å². The standard InChI is InChI=1S/C11H10FN3O2/c1-7-4-11(14-13-7)17-10-3-2-9(15-16)5-8(10)6-12/h2-5H,6H2,1H3,(H,13,14). The highest BCUT2D eigenvalue weighted by Gasteiger charge is 2.08. The Hall–Kier alpha value is -2.24. The maximum absolute atomic E-state index is 12.8. The number of alkyl halides is 1. The van der Waals surface area contributed by atoms with Crippen LogP contribution in [0, 0.1) is 11.8 Å². The molecule has 0 fully saturated rings. The molecule has 0 unspecified atom stereocenters. The monoisotopic (exact) mass is 235 g/mol. The molecule has 5 nitrogen and oxygen atoms in total. The van der Waals surface area contributed by atoms with Gasteiger partial charge in [0.15, 0.2) is 0 Å². The van der Waals surface area contributed by atoms with E-state index in [-0.39, 0.29) is 11.3 Å². The molecule has 1 aromatic heterocycles. The van der Waals surface area contributed by atoms with Crippen molar-refractivity contribution in [3.63, 3.8) is 0 Å². The first-order valence-electron chi connectivity index (χ1n) is 4.95. The van der Waals surface area contributed by atoms with Crippen LogP contribution in [0.2, 0.25) is 0 Å². The molecule has 88 valence electrons. The van der Waals surface area contributed by atoms with Crippen LogP contribution in [0.15, 0.2) is 29.4 Å². The van der Waals surface area contributed by atoms with E-state index in [4.69, 9.17) is 4.74 Å². The first-order chi connectivity index (χ1) is 8.22. The number of aromatic nitrogens is 2. The Morgan fingerprint density at radius 2 is 2.29 bits per heavy atom. The number of rotatable bonds is 4. The van der Waals surface area contributed by atoms with Crippen molar-refractivity contribution < 1.29 is 9.13 Å². The summed E-state index contributed by atoms with van der Waals surface area (Å²) in [7, 11) is 0. The number of aryl methyl sites for hydroxylation is 1. The van der Waals surface area contributed by atoms with E-state index in [1.165, 1.54) is 18.2 Å². The van der Waals surface area contributed by atoms with Gasteiger partial charge in [0.25, 0.3) is 0 Å². The Morgan fingerprint density at radius 1 is 1.47 bits per heavy atom. The van der Waals surface area contributed by atoms with Gasteiger partial charge in [-0.2, -0.15) is 0 Å². The number of nitrogens with zero attached hydrogens (tertiary/aromatic N) is 2. The van der Waals surface area contributed by atoms with Gasteiger partial charge >= 0.3 is 0 Å². The van der Waals surface area contributed by atoms with Crippen molar-refractivity contribution in [2.45, 2.75) is 13.6 Å². The van der Waals surface area contributed by atoms with Crippen molar-refractivity contribution in [3.8, 4) is 11.6 Å². The largest absolute Gasteiger partial charge is 0.437 e. The molecule has 1 heterocycles. The van der Waals surface area contributed by atoms with Crippen molar-refractivity contribution in [3.05, 3.63) is 40.4 Å². The molecule has 0 radical (unpaired) electrons. The van der Waals surface area contributed by atoms with Crippen LogP contribution in [-0.2, 0) is 6.67 Å². The van der Waals surface area contributed by atoms with Gasteiger partial charge < -0.3 is 4.74 Å². The predicted molar refractivity (Wildman–Crippen MR) is 60.1 cm³/mol. The number of H-pyrrole nitrogens is 1. The Morgan fingerprint density at radius 3 is 2.88 bits per heavy atom. The number of hydrogen-bond acceptors (Lipinski definition) is 4. The zero-order chi connectivity index (χ0) is 12.3. The summed E-state index contributed by atoms with van der Waals surface area (Å²) < 4.78 is 18.2. The fourth-order valence-electron chi connectivity index (χ4n) is 1.38. The lowest BCUT2D eigenvalue weighted by Gasteiger charge is -2.06. The van der Waals surface area contributed by atoms with Crippen LogP contribution in [0.5, 0.6) is 11.6 Å². The normalized spacial score (nSPS) is 10.2. The number of nitroso groups, excluding NO2 is 1. The lowest BCUT2D eigenvalue weighted by Crippen LogP contribution is -1.90. The quantitative estimate of drug-likeness (QED) is 0.826. The molecule has 1 aromatic carbocycles. The van der Waals surface area contributed by atoms with Gasteiger partial charge in [0.2, 0.25) is 5.88 Å². The highest BCUT2D eigenvalue weighted by molar-refractivity contribution is 5.47. The van der Waals surface area contributed by atoms with Crippen LogP contribution in [0.3, 0.4) is 0 Å². The summed E-state index contributed by atoms with van der Waals surface area (Å²) in [5, 5.41) is 9.32. The van der Waals surface area contributed by atoms with Gasteiger partial charge in [0, 0.05) is 17.3 Å². The number of halogens is 1. The molecular weight excluding hydrogens is 225 g/mol. The number of benzene rings is 1. The molecule has 2 aromatic rings. The molecule has 1 N–H and O–H groups in total. The third-order valence-corrected chi connectivity index (χ3v) is 2.19. The van der Waals surface area contributed by atoms with Crippen LogP contribution in [-0.4, -0.2) is 10.2 Å². The van der Waals surface area contributed by atoms with Crippen molar-refractivity contribution in [2.24, 2.45) is 5.18 Å². The molecule has 0 saturated heterocycles. The molecule has 0 aliphatic rings. The summed E-state index contributed by atoms with van der Waals surface area (Å²) in [6.07, 6.45) is 0. The minimum atomic E-state index is -0.734. The van der Waals surface area contributed by atoms with Crippen molar-refractivity contribution >= 4 is 5.69 Å². The second kappa shape index (κ2) is 4.73. The van der Waals surface area contributed by atoms with Crippen LogP contribution in [0.25, 0.3) is 0 Å². The van der Waals surface area contributed by atoms with Crippen LogP contribution in [0.4, 0.5) is 10.1 Å². The van der Waals surface area contributed by atoms with E-state index in [1.807, 2.05) is 6.92 Å². The minimum Gasteiger partial charge on any atom is -0.437 e. The molecular formula is C11H10FN3O2. The van der Waals surface area contributed by atoms with Crippen LogP contribution >= 0.6 is 0 Å². The summed E-state index contributed by atoms with van der Waals surface area (Å²) in [5.74, 6) is 0.676. The highest BCUT2D eigenvalue weighted by atomic mass is 19.1. The molecule has 17 heavy (non-hydrogen) atoms.